The van der Waals surface area contributed by atoms with Crippen molar-refractivity contribution < 1.29 is 4.39 Å². The Kier molecular flexibility index (Phi) is 3.63. The summed E-state index contributed by atoms with van der Waals surface area (Å²) in [6, 6.07) is 15.7. The minimum Gasteiger partial charge on any atom is -0.207 e. The highest BCUT2D eigenvalue weighted by molar-refractivity contribution is 5.68. The zero-order valence-corrected chi connectivity index (χ0v) is 11.1. The Morgan fingerprint density at radius 1 is 0.789 bits per heavy atom. The largest absolute Gasteiger partial charge is 0.207 e. The third kappa shape index (κ3) is 2.56. The fraction of sp³-hybridized carbons (Fsp3) is 0.333. The molecule has 98 valence electrons. The van der Waals surface area contributed by atoms with Gasteiger partial charge in [-0.3, -0.25) is 0 Å². The molecule has 0 radical (unpaired) electrons. The Morgan fingerprint density at radius 3 is 2.26 bits per heavy atom. The van der Waals surface area contributed by atoms with Gasteiger partial charge in [0.25, 0.3) is 0 Å². The van der Waals surface area contributed by atoms with Crippen LogP contribution in [-0.4, -0.2) is 0 Å². The Hall–Kier alpha value is -1.63. The summed E-state index contributed by atoms with van der Waals surface area (Å²) >= 11 is 0. The second kappa shape index (κ2) is 5.56. The van der Waals surface area contributed by atoms with Crippen molar-refractivity contribution in [2.24, 2.45) is 0 Å². The summed E-state index contributed by atoms with van der Waals surface area (Å²) in [5, 5.41) is 0. The van der Waals surface area contributed by atoms with E-state index in [1.54, 1.807) is 6.07 Å². The van der Waals surface area contributed by atoms with Crippen molar-refractivity contribution in [3.63, 3.8) is 0 Å². The molecule has 2 aromatic carbocycles. The maximum Gasteiger partial charge on any atom is 0.127 e. The van der Waals surface area contributed by atoms with E-state index in [2.05, 4.69) is 18.2 Å². The first kappa shape index (κ1) is 12.4. The number of benzene rings is 2. The molecule has 0 aliphatic heterocycles. The lowest BCUT2D eigenvalue weighted by Crippen LogP contribution is -2.08. The van der Waals surface area contributed by atoms with Gasteiger partial charge in [0.15, 0.2) is 0 Å². The van der Waals surface area contributed by atoms with Crippen molar-refractivity contribution >= 4 is 0 Å². The Morgan fingerprint density at radius 2 is 1.53 bits per heavy atom. The SMILES string of the molecule is Fc1cccc(-c2ccccc2)c1C1CCCCC1. The van der Waals surface area contributed by atoms with Crippen LogP contribution in [0.25, 0.3) is 11.1 Å². The standard InChI is InChI=1S/C18H19F/c19-17-13-7-12-16(14-8-3-1-4-9-14)18(17)15-10-5-2-6-11-15/h1,3-4,7-9,12-13,15H,2,5-6,10-11H2. The molecule has 0 aromatic heterocycles. The lowest BCUT2D eigenvalue weighted by Gasteiger charge is -2.25. The summed E-state index contributed by atoms with van der Waals surface area (Å²) in [5.74, 6) is 0.360. The normalized spacial score (nSPS) is 16.5. The molecule has 0 saturated heterocycles. The molecule has 1 saturated carbocycles. The second-order valence-corrected chi connectivity index (χ2v) is 5.40. The van der Waals surface area contributed by atoms with Gasteiger partial charge in [0.05, 0.1) is 0 Å². The molecule has 19 heavy (non-hydrogen) atoms. The Balaban J connectivity index is 2.07. The zero-order valence-electron chi connectivity index (χ0n) is 11.1. The van der Waals surface area contributed by atoms with Gasteiger partial charge in [-0.15, -0.1) is 0 Å². The molecular weight excluding hydrogens is 235 g/mol. The van der Waals surface area contributed by atoms with Crippen LogP contribution in [0.3, 0.4) is 0 Å². The monoisotopic (exact) mass is 254 g/mol. The van der Waals surface area contributed by atoms with Gasteiger partial charge in [-0.2, -0.15) is 0 Å². The van der Waals surface area contributed by atoms with Gasteiger partial charge in [-0.25, -0.2) is 4.39 Å². The molecule has 0 unspecified atom stereocenters. The molecule has 0 heterocycles. The summed E-state index contributed by atoms with van der Waals surface area (Å²) in [6.45, 7) is 0. The van der Waals surface area contributed by atoms with E-state index in [1.165, 1.54) is 19.3 Å². The molecule has 1 fully saturated rings. The van der Waals surface area contributed by atoms with E-state index in [9.17, 15) is 4.39 Å². The number of hydrogen-bond donors (Lipinski definition) is 0. The van der Waals surface area contributed by atoms with Gasteiger partial charge in [0, 0.05) is 0 Å². The summed E-state index contributed by atoms with van der Waals surface area (Å²) in [4.78, 5) is 0. The maximum absolute atomic E-state index is 14.3. The lowest BCUT2D eigenvalue weighted by molar-refractivity contribution is 0.430. The van der Waals surface area contributed by atoms with Crippen LogP contribution in [0.5, 0.6) is 0 Å². The molecule has 3 rings (SSSR count). The van der Waals surface area contributed by atoms with E-state index >= 15 is 0 Å². The molecular formula is C18H19F. The van der Waals surface area contributed by atoms with Crippen LogP contribution in [-0.2, 0) is 0 Å². The van der Waals surface area contributed by atoms with Crippen molar-refractivity contribution in [2.75, 3.05) is 0 Å². The van der Waals surface area contributed by atoms with E-state index in [1.807, 2.05) is 24.3 Å². The molecule has 0 amide bonds. The topological polar surface area (TPSA) is 0 Å². The number of halogens is 1. The second-order valence-electron chi connectivity index (χ2n) is 5.40. The fourth-order valence-corrected chi connectivity index (χ4v) is 3.21. The Labute approximate surface area is 114 Å². The van der Waals surface area contributed by atoms with Crippen molar-refractivity contribution in [3.05, 3.63) is 59.9 Å². The Bertz CT molecular complexity index is 539. The molecule has 0 spiro atoms. The van der Waals surface area contributed by atoms with E-state index < -0.39 is 0 Å². The van der Waals surface area contributed by atoms with Gasteiger partial charge in [-0.1, -0.05) is 61.7 Å². The van der Waals surface area contributed by atoms with Crippen molar-refractivity contribution in [3.8, 4) is 11.1 Å². The molecule has 0 bridgehead atoms. The third-order valence-electron chi connectivity index (χ3n) is 4.15. The number of hydrogen-bond acceptors (Lipinski definition) is 0. The summed E-state index contributed by atoms with van der Waals surface area (Å²) in [6.07, 6.45) is 6.01. The summed E-state index contributed by atoms with van der Waals surface area (Å²) in [5.41, 5.74) is 3.14. The van der Waals surface area contributed by atoms with Gasteiger partial charge in [-0.05, 0) is 41.5 Å². The van der Waals surface area contributed by atoms with Crippen LogP contribution >= 0.6 is 0 Å². The van der Waals surface area contributed by atoms with Crippen LogP contribution < -0.4 is 0 Å². The fourth-order valence-electron chi connectivity index (χ4n) is 3.21. The predicted molar refractivity (Wildman–Crippen MR) is 77.7 cm³/mol. The first-order valence-corrected chi connectivity index (χ1v) is 7.20. The van der Waals surface area contributed by atoms with Crippen molar-refractivity contribution in [2.45, 2.75) is 38.0 Å². The molecule has 1 aliphatic carbocycles. The summed E-state index contributed by atoms with van der Waals surface area (Å²) in [7, 11) is 0. The van der Waals surface area contributed by atoms with E-state index in [-0.39, 0.29) is 5.82 Å². The van der Waals surface area contributed by atoms with Gasteiger partial charge in [0.1, 0.15) is 5.82 Å². The molecule has 0 nitrogen and oxygen atoms in total. The zero-order chi connectivity index (χ0) is 13.1. The average Bonchev–Trinajstić information content (AvgIpc) is 2.49. The molecule has 1 heteroatoms. The van der Waals surface area contributed by atoms with Gasteiger partial charge in [0.2, 0.25) is 0 Å². The number of rotatable bonds is 2. The first-order chi connectivity index (χ1) is 9.36. The maximum atomic E-state index is 14.3. The van der Waals surface area contributed by atoms with Crippen LogP contribution in [0.15, 0.2) is 48.5 Å². The minimum atomic E-state index is -0.0340. The van der Waals surface area contributed by atoms with Crippen LogP contribution in [0.2, 0.25) is 0 Å². The molecule has 2 aromatic rings. The van der Waals surface area contributed by atoms with E-state index in [0.717, 1.165) is 29.5 Å². The van der Waals surface area contributed by atoms with E-state index in [0.29, 0.717) is 5.92 Å². The van der Waals surface area contributed by atoms with Crippen LogP contribution in [0.4, 0.5) is 4.39 Å². The lowest BCUT2D eigenvalue weighted by atomic mass is 9.80. The smallest absolute Gasteiger partial charge is 0.127 e. The predicted octanol–water partition coefficient (Wildman–Crippen LogP) is 5.54. The van der Waals surface area contributed by atoms with E-state index in [4.69, 9.17) is 0 Å². The van der Waals surface area contributed by atoms with Gasteiger partial charge >= 0.3 is 0 Å². The average molecular weight is 254 g/mol. The highest BCUT2D eigenvalue weighted by Crippen LogP contribution is 2.39. The van der Waals surface area contributed by atoms with Crippen molar-refractivity contribution in [1.82, 2.24) is 0 Å². The van der Waals surface area contributed by atoms with Crippen LogP contribution in [0.1, 0.15) is 43.6 Å². The van der Waals surface area contributed by atoms with Crippen LogP contribution in [0, 0.1) is 5.82 Å². The molecule has 1 aliphatic rings. The first-order valence-electron chi connectivity index (χ1n) is 7.20. The van der Waals surface area contributed by atoms with Crippen molar-refractivity contribution in [1.29, 1.82) is 0 Å². The molecule has 0 atom stereocenters. The highest BCUT2D eigenvalue weighted by atomic mass is 19.1. The third-order valence-corrected chi connectivity index (χ3v) is 4.15. The summed E-state index contributed by atoms with van der Waals surface area (Å²) < 4.78 is 14.3. The minimum absolute atomic E-state index is 0.0340. The molecule has 0 N–H and O–H groups in total. The quantitative estimate of drug-likeness (QED) is 0.660. The highest BCUT2D eigenvalue weighted by Gasteiger charge is 2.22. The van der Waals surface area contributed by atoms with Gasteiger partial charge < -0.3 is 0 Å².